The largest absolute Gasteiger partial charge is 0.454 e. The summed E-state index contributed by atoms with van der Waals surface area (Å²) < 4.78 is 10.9. The molecule has 7 heteroatoms. The lowest BCUT2D eigenvalue weighted by molar-refractivity contribution is -0.116. The Morgan fingerprint density at radius 1 is 1.12 bits per heavy atom. The Morgan fingerprint density at radius 2 is 1.88 bits per heavy atom. The number of piperidine rings is 1. The van der Waals surface area contributed by atoms with Crippen LogP contribution in [0.25, 0.3) is 0 Å². The molecule has 2 bridgehead atoms. The van der Waals surface area contributed by atoms with Gasteiger partial charge in [0.25, 0.3) is 0 Å². The zero-order valence-electron chi connectivity index (χ0n) is 18.9. The van der Waals surface area contributed by atoms with E-state index >= 15 is 0 Å². The fourth-order valence-electron chi connectivity index (χ4n) is 6.30. The molecule has 0 unspecified atom stereocenters. The molecule has 0 saturated carbocycles. The van der Waals surface area contributed by atoms with Gasteiger partial charge in [0.1, 0.15) is 0 Å². The number of hydrogen-bond acceptors (Lipinski definition) is 6. The molecule has 3 atom stereocenters. The highest BCUT2D eigenvalue weighted by Crippen LogP contribution is 2.48. The van der Waals surface area contributed by atoms with E-state index in [1.807, 2.05) is 30.3 Å². The van der Waals surface area contributed by atoms with Gasteiger partial charge >= 0.3 is 0 Å². The quantitative estimate of drug-likeness (QED) is 0.746. The van der Waals surface area contributed by atoms with Gasteiger partial charge in [0.05, 0.1) is 11.7 Å². The number of benzene rings is 2. The first-order chi connectivity index (χ1) is 15.9. The molecule has 4 aliphatic heterocycles. The summed E-state index contributed by atoms with van der Waals surface area (Å²) in [6.45, 7) is 3.08. The third-order valence-electron chi connectivity index (χ3n) is 7.98. The van der Waals surface area contributed by atoms with Crippen molar-refractivity contribution in [2.45, 2.75) is 62.8 Å². The number of aliphatic hydroxyl groups excluding tert-OH is 1. The maximum absolute atomic E-state index is 11.8. The van der Waals surface area contributed by atoms with Crippen molar-refractivity contribution in [3.63, 3.8) is 0 Å². The van der Waals surface area contributed by atoms with Crippen LogP contribution in [0.4, 0.5) is 5.69 Å². The minimum Gasteiger partial charge on any atom is -0.454 e. The summed E-state index contributed by atoms with van der Waals surface area (Å²) >= 11 is 0. The molecule has 0 aliphatic carbocycles. The summed E-state index contributed by atoms with van der Waals surface area (Å²) in [7, 11) is 0. The monoisotopic (exact) mass is 450 g/mol. The molecule has 7 nitrogen and oxygen atoms in total. The summed E-state index contributed by atoms with van der Waals surface area (Å²) in [5, 5.41) is 22.7. The molecular formula is C26H30N2O5. The van der Waals surface area contributed by atoms with Gasteiger partial charge in [-0.2, -0.15) is 0 Å². The Bertz CT molecular complexity index is 1090. The van der Waals surface area contributed by atoms with E-state index in [0.29, 0.717) is 31.7 Å². The van der Waals surface area contributed by atoms with Crippen LogP contribution in [0.1, 0.15) is 55.4 Å². The average Bonchev–Trinajstić information content (AvgIpc) is 3.49. The predicted molar refractivity (Wildman–Crippen MR) is 122 cm³/mol. The average molecular weight is 451 g/mol. The van der Waals surface area contributed by atoms with E-state index in [1.165, 1.54) is 0 Å². The minimum atomic E-state index is -0.891. The van der Waals surface area contributed by atoms with Gasteiger partial charge in [-0.05, 0) is 67.0 Å². The van der Waals surface area contributed by atoms with Crippen LogP contribution in [-0.2, 0) is 16.8 Å². The predicted octanol–water partition coefficient (Wildman–Crippen LogP) is 2.87. The van der Waals surface area contributed by atoms with Crippen LogP contribution in [0.15, 0.2) is 36.4 Å². The molecule has 2 aromatic carbocycles. The first-order valence-corrected chi connectivity index (χ1v) is 11.9. The zero-order valence-corrected chi connectivity index (χ0v) is 18.9. The summed E-state index contributed by atoms with van der Waals surface area (Å²) in [5.41, 5.74) is 2.98. The Kier molecular flexibility index (Phi) is 4.90. The van der Waals surface area contributed by atoms with Crippen LogP contribution in [0, 0.1) is 0 Å². The maximum Gasteiger partial charge on any atom is 0.231 e. The molecule has 0 spiro atoms. The fraction of sp³-hybridized carbons (Fsp3) is 0.500. The highest BCUT2D eigenvalue weighted by atomic mass is 16.7. The standard InChI is InChI=1S/C26H30N2O5/c1-16(29)27-9-8-17-10-18(2-6-22(17)27)23(30)14-28-20-4-5-21(28)13-26(31,12-20)19-3-7-24-25(11-19)33-15-32-24/h2-3,6-7,10-11,20-21,23,30-31H,4-5,8-9,12-15H2,1H3/t20-,21-,23-/m1/s1. The van der Waals surface area contributed by atoms with Crippen LogP contribution in [0.5, 0.6) is 11.5 Å². The summed E-state index contributed by atoms with van der Waals surface area (Å²) in [5.74, 6) is 1.49. The SMILES string of the molecule is CC(=O)N1CCc2cc([C@H](O)CN3[C@@H]4CC[C@@H]3CC(O)(c3ccc5c(c3)OCO5)C4)ccc21. The van der Waals surface area contributed by atoms with Gasteiger partial charge in [-0.3, -0.25) is 9.69 Å². The smallest absolute Gasteiger partial charge is 0.231 e. The molecule has 2 fully saturated rings. The van der Waals surface area contributed by atoms with Crippen molar-refractivity contribution in [1.29, 1.82) is 0 Å². The lowest BCUT2D eigenvalue weighted by Gasteiger charge is -2.44. The number of rotatable bonds is 4. The van der Waals surface area contributed by atoms with E-state index in [2.05, 4.69) is 11.0 Å². The number of anilines is 1. The van der Waals surface area contributed by atoms with E-state index < -0.39 is 11.7 Å². The van der Waals surface area contributed by atoms with Crippen LogP contribution in [0.2, 0.25) is 0 Å². The molecule has 0 radical (unpaired) electrons. The van der Waals surface area contributed by atoms with Crippen LogP contribution < -0.4 is 14.4 Å². The normalized spacial score (nSPS) is 28.8. The second-order valence-corrected chi connectivity index (χ2v) is 9.91. The van der Waals surface area contributed by atoms with E-state index in [1.54, 1.807) is 11.8 Å². The van der Waals surface area contributed by atoms with Crippen LogP contribution in [-0.4, -0.2) is 53.0 Å². The van der Waals surface area contributed by atoms with Crippen molar-refractivity contribution in [1.82, 2.24) is 4.90 Å². The number of hydrogen-bond donors (Lipinski definition) is 2. The number of fused-ring (bicyclic) bond motifs is 4. The number of nitrogens with zero attached hydrogens (tertiary/aromatic N) is 2. The molecule has 6 rings (SSSR count). The third-order valence-corrected chi connectivity index (χ3v) is 7.98. The van der Waals surface area contributed by atoms with Crippen molar-refractivity contribution in [2.75, 3.05) is 24.8 Å². The molecule has 4 aliphatic rings. The minimum absolute atomic E-state index is 0.0573. The van der Waals surface area contributed by atoms with Gasteiger partial charge in [-0.15, -0.1) is 0 Å². The van der Waals surface area contributed by atoms with Gasteiger partial charge in [0.2, 0.25) is 12.7 Å². The van der Waals surface area contributed by atoms with E-state index in [4.69, 9.17) is 9.47 Å². The van der Waals surface area contributed by atoms with Gasteiger partial charge in [-0.1, -0.05) is 18.2 Å². The fourth-order valence-corrected chi connectivity index (χ4v) is 6.30. The zero-order chi connectivity index (χ0) is 22.7. The summed E-state index contributed by atoms with van der Waals surface area (Å²) in [6.07, 6.45) is 3.58. The van der Waals surface area contributed by atoms with Gasteiger partial charge < -0.3 is 24.6 Å². The van der Waals surface area contributed by atoms with Crippen LogP contribution in [0.3, 0.4) is 0 Å². The van der Waals surface area contributed by atoms with E-state index in [9.17, 15) is 15.0 Å². The van der Waals surface area contributed by atoms with Gasteiger partial charge in [0.15, 0.2) is 11.5 Å². The van der Waals surface area contributed by atoms with Crippen molar-refractivity contribution in [2.24, 2.45) is 0 Å². The van der Waals surface area contributed by atoms with Crippen molar-refractivity contribution in [3.8, 4) is 11.5 Å². The van der Waals surface area contributed by atoms with Crippen molar-refractivity contribution < 1.29 is 24.5 Å². The first kappa shape index (κ1) is 21.0. The highest BCUT2D eigenvalue weighted by Gasteiger charge is 2.49. The molecule has 4 heterocycles. The molecule has 1 amide bonds. The molecular weight excluding hydrogens is 420 g/mol. The van der Waals surface area contributed by atoms with Gasteiger partial charge in [0, 0.05) is 37.8 Å². The number of carbonyl (C=O) groups excluding carboxylic acids is 1. The summed E-state index contributed by atoms with van der Waals surface area (Å²) in [6, 6.07) is 12.2. The number of aliphatic hydroxyl groups is 2. The highest BCUT2D eigenvalue weighted by molar-refractivity contribution is 5.93. The lowest BCUT2D eigenvalue weighted by atomic mass is 9.80. The number of ether oxygens (including phenoxy) is 2. The van der Waals surface area contributed by atoms with Crippen molar-refractivity contribution in [3.05, 3.63) is 53.1 Å². The second kappa shape index (κ2) is 7.72. The summed E-state index contributed by atoms with van der Waals surface area (Å²) in [4.78, 5) is 16.0. The molecule has 33 heavy (non-hydrogen) atoms. The Balaban J connectivity index is 1.17. The molecule has 0 aromatic heterocycles. The van der Waals surface area contributed by atoms with Gasteiger partial charge in [-0.25, -0.2) is 0 Å². The maximum atomic E-state index is 11.8. The van der Waals surface area contributed by atoms with Crippen molar-refractivity contribution >= 4 is 11.6 Å². The third kappa shape index (κ3) is 3.50. The number of amides is 1. The topological polar surface area (TPSA) is 82.5 Å². The first-order valence-electron chi connectivity index (χ1n) is 11.9. The lowest BCUT2D eigenvalue weighted by Crippen LogP contribution is -2.50. The van der Waals surface area contributed by atoms with E-state index in [-0.39, 0.29) is 24.8 Å². The number of carbonyl (C=O) groups is 1. The van der Waals surface area contributed by atoms with E-state index in [0.717, 1.165) is 47.4 Å². The Labute approximate surface area is 193 Å². The molecule has 2 aromatic rings. The Hall–Kier alpha value is -2.61. The molecule has 2 saturated heterocycles. The Morgan fingerprint density at radius 3 is 2.64 bits per heavy atom. The molecule has 174 valence electrons. The molecule has 2 N–H and O–H groups in total. The van der Waals surface area contributed by atoms with Crippen LogP contribution >= 0.6 is 0 Å². The second-order valence-electron chi connectivity index (χ2n) is 9.91.